The molecule has 0 aliphatic heterocycles. The van der Waals surface area contributed by atoms with E-state index in [1.54, 1.807) is 0 Å². The summed E-state index contributed by atoms with van der Waals surface area (Å²) in [5.41, 5.74) is 4.28. The highest BCUT2D eigenvalue weighted by atomic mass is 16.4. The fourth-order valence-corrected chi connectivity index (χ4v) is 3.67. The molecular weight excluding hydrogens is 314 g/mol. The number of benzene rings is 2. The molecule has 4 heteroatoms. The van der Waals surface area contributed by atoms with Crippen LogP contribution < -0.4 is 5.73 Å². The second kappa shape index (κ2) is 7.09. The van der Waals surface area contributed by atoms with E-state index < -0.39 is 11.4 Å². The van der Waals surface area contributed by atoms with E-state index >= 15 is 0 Å². The van der Waals surface area contributed by atoms with Crippen molar-refractivity contribution < 1.29 is 16.1 Å². The van der Waals surface area contributed by atoms with Crippen LogP contribution in [0.1, 0.15) is 41.9 Å². The number of carboxylic acid groups (broad SMARTS) is 1. The minimum atomic E-state index is -0.715. The van der Waals surface area contributed by atoms with Crippen LogP contribution in [0.2, 0.25) is 1.41 Å². The maximum atomic E-state index is 11.9. The number of aryl methyl sites for hydroxylation is 1. The summed E-state index contributed by atoms with van der Waals surface area (Å²) < 4.78 is 6.84. The molecule has 1 aliphatic rings. The highest BCUT2D eigenvalue weighted by Crippen LogP contribution is 2.62. The number of nitrogens with two attached hydrogens (primary N) is 1. The lowest BCUT2D eigenvalue weighted by atomic mass is 9.91. The van der Waals surface area contributed by atoms with Crippen LogP contribution in [0.5, 0.6) is 0 Å². The largest absolute Gasteiger partial charge is 0.481 e. The molecule has 2 aromatic rings. The summed E-state index contributed by atoms with van der Waals surface area (Å²) >= 11 is 0. The van der Waals surface area contributed by atoms with E-state index in [0.717, 1.165) is 24.0 Å². The van der Waals surface area contributed by atoms with Crippen LogP contribution in [-0.2, 0) is 22.4 Å². The normalized spacial score (nSPS) is 22.1. The third-order valence-corrected chi connectivity index (χ3v) is 5.18. The van der Waals surface area contributed by atoms with Gasteiger partial charge in [0.15, 0.2) is 1.41 Å². The number of hydrogen-bond donors (Lipinski definition) is 2. The molecule has 1 aliphatic carbocycles. The molecule has 3 N–H and O–H groups in total. The van der Waals surface area contributed by atoms with Crippen LogP contribution >= 0.6 is 0 Å². The molecule has 1 amide bonds. The Morgan fingerprint density at radius 3 is 2.48 bits per heavy atom. The summed E-state index contributed by atoms with van der Waals surface area (Å²) in [6.45, 7) is 0. The van der Waals surface area contributed by atoms with Gasteiger partial charge in [-0.1, -0.05) is 54.6 Å². The van der Waals surface area contributed by atoms with Crippen LogP contribution in [-0.4, -0.2) is 17.0 Å². The predicted octanol–water partition coefficient (Wildman–Crippen LogP) is 3.30. The van der Waals surface area contributed by atoms with E-state index in [-0.39, 0.29) is 18.2 Å². The Kier molecular flexibility index (Phi) is 4.51. The van der Waals surface area contributed by atoms with Crippen molar-refractivity contribution in [3.05, 3.63) is 71.3 Å². The molecular formula is C21H23NO3. The first kappa shape index (κ1) is 15.9. The first-order valence-corrected chi connectivity index (χ1v) is 8.62. The van der Waals surface area contributed by atoms with Gasteiger partial charge in [-0.2, -0.15) is 0 Å². The fourth-order valence-electron chi connectivity index (χ4n) is 3.67. The van der Waals surface area contributed by atoms with Gasteiger partial charge in [-0.15, -0.1) is 0 Å². The van der Waals surface area contributed by atoms with E-state index in [4.69, 9.17) is 1.41 Å². The van der Waals surface area contributed by atoms with Gasteiger partial charge in [-0.3, -0.25) is 9.59 Å². The summed E-state index contributed by atoms with van der Waals surface area (Å²) in [6, 6.07) is 17.7. The summed E-state index contributed by atoms with van der Waals surface area (Å²) in [4.78, 5) is 23.2. The van der Waals surface area contributed by atoms with Gasteiger partial charge in [-0.05, 0) is 42.4 Å². The van der Waals surface area contributed by atoms with Gasteiger partial charge in [0.1, 0.15) is 0 Å². The monoisotopic (exact) mass is 338 g/mol. The molecule has 2 aromatic carbocycles. The smallest absolute Gasteiger partial charge is 0.310 e. The molecule has 0 saturated heterocycles. The molecule has 1 fully saturated rings. The van der Waals surface area contributed by atoms with E-state index in [2.05, 4.69) is 12.1 Å². The average molecular weight is 338 g/mol. The van der Waals surface area contributed by atoms with Crippen LogP contribution in [0, 0.1) is 5.41 Å². The van der Waals surface area contributed by atoms with Gasteiger partial charge >= 0.3 is 5.97 Å². The Balaban J connectivity index is 1.61. The Bertz CT molecular complexity index is 776. The number of primary amides is 1. The molecule has 0 aromatic heterocycles. The minimum absolute atomic E-state index is 0.0369. The minimum Gasteiger partial charge on any atom is -0.481 e. The van der Waals surface area contributed by atoms with Crippen molar-refractivity contribution in [3.63, 3.8) is 0 Å². The number of rotatable bonds is 8. The fraction of sp³-hybridized carbons (Fsp3) is 0.333. The van der Waals surface area contributed by atoms with E-state index in [1.165, 1.54) is 5.56 Å². The van der Waals surface area contributed by atoms with Crippen molar-refractivity contribution in [2.75, 3.05) is 0 Å². The van der Waals surface area contributed by atoms with Gasteiger partial charge in [0.05, 0.1) is 11.8 Å². The zero-order chi connectivity index (χ0) is 18.6. The van der Waals surface area contributed by atoms with Crippen molar-refractivity contribution in [3.8, 4) is 0 Å². The molecule has 3 rings (SSSR count). The van der Waals surface area contributed by atoms with Gasteiger partial charge in [0.2, 0.25) is 5.91 Å². The molecule has 0 heterocycles. The summed E-state index contributed by atoms with van der Waals surface area (Å²) in [5, 5.41) is 9.76. The van der Waals surface area contributed by atoms with Gasteiger partial charge in [0.25, 0.3) is 0 Å². The first-order chi connectivity index (χ1) is 12.5. The molecule has 4 nitrogen and oxygen atoms in total. The maximum absolute atomic E-state index is 11.9. The van der Waals surface area contributed by atoms with Crippen LogP contribution in [0.3, 0.4) is 0 Å². The first-order valence-electron chi connectivity index (χ1n) is 9.12. The molecule has 0 bridgehead atoms. The zero-order valence-corrected chi connectivity index (χ0v) is 14.1. The quantitative estimate of drug-likeness (QED) is 0.775. The van der Waals surface area contributed by atoms with Crippen molar-refractivity contribution >= 4 is 11.9 Å². The molecule has 2 unspecified atom stereocenters. The number of hydrogen-bond acceptors (Lipinski definition) is 2. The third kappa shape index (κ3) is 3.90. The summed E-state index contributed by atoms with van der Waals surface area (Å²) in [5.74, 6) is -1.03. The lowest BCUT2D eigenvalue weighted by Crippen LogP contribution is -2.17. The molecule has 130 valence electrons. The average Bonchev–Trinajstić information content (AvgIpc) is 3.39. The highest BCUT2D eigenvalue weighted by molar-refractivity contribution is 5.80. The summed E-state index contributed by atoms with van der Waals surface area (Å²) in [6.07, 6.45) is 3.25. The molecule has 0 radical (unpaired) electrons. The number of aliphatic carboxylic acids is 1. The highest BCUT2D eigenvalue weighted by Gasteiger charge is 2.60. The number of carbonyl (C=O) groups is 2. The topological polar surface area (TPSA) is 80.4 Å². The lowest BCUT2D eigenvalue weighted by molar-refractivity contribution is -0.143. The van der Waals surface area contributed by atoms with E-state index in [0.29, 0.717) is 12.8 Å². The number of carbonyl (C=O) groups excluding carboxylic acids is 1. The van der Waals surface area contributed by atoms with Crippen molar-refractivity contribution in [1.29, 1.82) is 0 Å². The van der Waals surface area contributed by atoms with Crippen molar-refractivity contribution in [2.45, 2.75) is 38.0 Å². The van der Waals surface area contributed by atoms with E-state index in [9.17, 15) is 14.7 Å². The maximum Gasteiger partial charge on any atom is 0.310 e. The second-order valence-electron chi connectivity index (χ2n) is 6.90. The number of carboxylic acids is 1. The van der Waals surface area contributed by atoms with Gasteiger partial charge in [0, 0.05) is 5.92 Å². The van der Waals surface area contributed by atoms with Gasteiger partial charge < -0.3 is 10.8 Å². The zero-order valence-electron chi connectivity index (χ0n) is 15.1. The molecule has 1 saturated carbocycles. The van der Waals surface area contributed by atoms with Gasteiger partial charge in [-0.25, -0.2) is 0 Å². The Labute approximate surface area is 149 Å². The Hall–Kier alpha value is -2.62. The molecule has 25 heavy (non-hydrogen) atoms. The molecule has 2 atom stereocenters. The van der Waals surface area contributed by atoms with Crippen molar-refractivity contribution in [2.24, 2.45) is 11.1 Å². The predicted molar refractivity (Wildman–Crippen MR) is 96.1 cm³/mol. The summed E-state index contributed by atoms with van der Waals surface area (Å²) in [7, 11) is 0. The number of amides is 1. The third-order valence-electron chi connectivity index (χ3n) is 5.18. The van der Waals surface area contributed by atoms with Crippen LogP contribution in [0.15, 0.2) is 54.6 Å². The van der Waals surface area contributed by atoms with Crippen LogP contribution in [0.4, 0.5) is 0 Å². The van der Waals surface area contributed by atoms with Crippen LogP contribution in [0.25, 0.3) is 0 Å². The lowest BCUT2D eigenvalue weighted by Gasteiger charge is -2.13. The Morgan fingerprint density at radius 2 is 1.84 bits per heavy atom. The SMILES string of the molecule is [2H]NC(=O)Cc1ccc(C2CC2(CCCc2ccccc2)C(=O)O)cc1. The van der Waals surface area contributed by atoms with E-state index in [1.807, 2.05) is 48.2 Å². The standard InChI is InChI=1S/C21H23NO3/c22-19(23)13-16-8-10-17(11-9-16)18-14-21(18,20(24)25)12-4-7-15-5-2-1-3-6-15/h1-3,5-6,8-11,18H,4,7,12-14H2,(H2,22,23)(H,24,25)/i/hD. The second-order valence-corrected chi connectivity index (χ2v) is 6.90. The Morgan fingerprint density at radius 1 is 1.12 bits per heavy atom. The van der Waals surface area contributed by atoms with Crippen molar-refractivity contribution in [1.82, 2.24) is 0 Å². The molecule has 0 spiro atoms.